The van der Waals surface area contributed by atoms with Crippen LogP contribution < -0.4 is 4.74 Å². The fourth-order valence-electron chi connectivity index (χ4n) is 0.845. The predicted molar refractivity (Wildman–Crippen MR) is 47.4 cm³/mol. The Balaban J connectivity index is 2.87. The standard InChI is InChI=1S/C10H9O3/c1-2-10(12)13-9-6-4-3-5-8(9)7-11/h3-7H,1-2H2. The van der Waals surface area contributed by atoms with E-state index in [1.54, 1.807) is 24.3 Å². The number of ether oxygens (including phenoxy) is 1. The van der Waals surface area contributed by atoms with Crippen molar-refractivity contribution in [2.45, 2.75) is 6.42 Å². The number of esters is 1. The van der Waals surface area contributed by atoms with Gasteiger partial charge in [0, 0.05) is 6.42 Å². The van der Waals surface area contributed by atoms with Gasteiger partial charge in [0.2, 0.25) is 0 Å². The minimum Gasteiger partial charge on any atom is -0.426 e. The molecule has 3 nitrogen and oxygen atoms in total. The van der Waals surface area contributed by atoms with Gasteiger partial charge in [0.05, 0.1) is 5.56 Å². The van der Waals surface area contributed by atoms with Gasteiger partial charge in [0.1, 0.15) is 5.75 Å². The number of aldehydes is 1. The Morgan fingerprint density at radius 3 is 2.77 bits per heavy atom. The minimum absolute atomic E-state index is 0.0488. The lowest BCUT2D eigenvalue weighted by Crippen LogP contribution is -2.07. The Hall–Kier alpha value is -1.64. The summed E-state index contributed by atoms with van der Waals surface area (Å²) in [6.45, 7) is 3.37. The molecule has 0 amide bonds. The molecule has 3 heteroatoms. The Bertz CT molecular complexity index is 318. The first kappa shape index (κ1) is 9.45. The highest BCUT2D eigenvalue weighted by Crippen LogP contribution is 2.15. The predicted octanol–water partition coefficient (Wildman–Crippen LogP) is 1.63. The monoisotopic (exact) mass is 177 g/mol. The first-order valence-electron chi connectivity index (χ1n) is 3.82. The minimum atomic E-state index is -0.450. The molecular formula is C10H9O3. The van der Waals surface area contributed by atoms with E-state index in [2.05, 4.69) is 6.92 Å². The average molecular weight is 177 g/mol. The zero-order chi connectivity index (χ0) is 9.68. The van der Waals surface area contributed by atoms with Gasteiger partial charge in [-0.25, -0.2) is 0 Å². The molecule has 0 saturated carbocycles. The van der Waals surface area contributed by atoms with Crippen molar-refractivity contribution in [3.8, 4) is 5.75 Å². The van der Waals surface area contributed by atoms with Gasteiger partial charge in [0.25, 0.3) is 0 Å². The Morgan fingerprint density at radius 2 is 2.15 bits per heavy atom. The topological polar surface area (TPSA) is 43.4 Å². The molecule has 0 bridgehead atoms. The molecule has 0 fully saturated rings. The molecule has 0 saturated heterocycles. The van der Waals surface area contributed by atoms with Crippen LogP contribution in [0.2, 0.25) is 0 Å². The number of hydrogen-bond acceptors (Lipinski definition) is 3. The maximum atomic E-state index is 10.8. The van der Waals surface area contributed by atoms with E-state index in [9.17, 15) is 9.59 Å². The van der Waals surface area contributed by atoms with Crippen molar-refractivity contribution in [2.75, 3.05) is 0 Å². The van der Waals surface area contributed by atoms with Gasteiger partial charge in [-0.3, -0.25) is 9.59 Å². The lowest BCUT2D eigenvalue weighted by molar-refractivity contribution is -0.133. The summed E-state index contributed by atoms with van der Waals surface area (Å²) in [6, 6.07) is 6.54. The van der Waals surface area contributed by atoms with Crippen molar-refractivity contribution in [3.63, 3.8) is 0 Å². The molecule has 0 aliphatic rings. The van der Waals surface area contributed by atoms with Crippen LogP contribution in [0.4, 0.5) is 0 Å². The zero-order valence-electron chi connectivity index (χ0n) is 7.03. The highest BCUT2D eigenvalue weighted by Gasteiger charge is 2.05. The van der Waals surface area contributed by atoms with Crippen LogP contribution in [0.5, 0.6) is 5.75 Å². The lowest BCUT2D eigenvalue weighted by atomic mass is 10.2. The van der Waals surface area contributed by atoms with E-state index >= 15 is 0 Å². The molecule has 1 aromatic carbocycles. The molecule has 1 aromatic rings. The normalized spacial score (nSPS) is 9.31. The van der Waals surface area contributed by atoms with Crippen molar-refractivity contribution >= 4 is 12.3 Å². The Morgan fingerprint density at radius 1 is 1.46 bits per heavy atom. The Kier molecular flexibility index (Phi) is 3.20. The van der Waals surface area contributed by atoms with Gasteiger partial charge in [-0.15, -0.1) is 0 Å². The third-order valence-electron chi connectivity index (χ3n) is 1.47. The number of benzene rings is 1. The van der Waals surface area contributed by atoms with Crippen molar-refractivity contribution in [2.24, 2.45) is 0 Å². The lowest BCUT2D eigenvalue weighted by Gasteiger charge is -2.03. The molecule has 0 aliphatic heterocycles. The molecule has 0 heterocycles. The van der Waals surface area contributed by atoms with Crippen LogP contribution in [-0.2, 0) is 4.79 Å². The van der Waals surface area contributed by atoms with Crippen molar-refractivity contribution in [1.82, 2.24) is 0 Å². The SMILES string of the molecule is [CH2]CC(=O)Oc1ccccc1C=O. The molecule has 1 radical (unpaired) electrons. The molecular weight excluding hydrogens is 168 g/mol. The highest BCUT2D eigenvalue weighted by atomic mass is 16.5. The van der Waals surface area contributed by atoms with Crippen molar-refractivity contribution in [3.05, 3.63) is 36.8 Å². The maximum Gasteiger partial charge on any atom is 0.311 e. The second kappa shape index (κ2) is 4.40. The van der Waals surface area contributed by atoms with E-state index < -0.39 is 5.97 Å². The smallest absolute Gasteiger partial charge is 0.311 e. The van der Waals surface area contributed by atoms with E-state index in [1.165, 1.54) is 0 Å². The highest BCUT2D eigenvalue weighted by molar-refractivity contribution is 5.82. The quantitative estimate of drug-likeness (QED) is 0.400. The molecule has 13 heavy (non-hydrogen) atoms. The van der Waals surface area contributed by atoms with Gasteiger partial charge in [0.15, 0.2) is 6.29 Å². The molecule has 0 spiro atoms. The van der Waals surface area contributed by atoms with Gasteiger partial charge in [-0.1, -0.05) is 12.1 Å². The van der Waals surface area contributed by atoms with Gasteiger partial charge in [-0.2, -0.15) is 0 Å². The molecule has 0 aliphatic carbocycles. The van der Waals surface area contributed by atoms with Crippen LogP contribution in [-0.4, -0.2) is 12.3 Å². The third-order valence-corrected chi connectivity index (χ3v) is 1.47. The third kappa shape index (κ3) is 2.40. The number of carbonyl (C=O) groups excluding carboxylic acids is 2. The van der Waals surface area contributed by atoms with E-state index in [0.29, 0.717) is 11.8 Å². The van der Waals surface area contributed by atoms with Gasteiger partial charge < -0.3 is 4.74 Å². The first-order valence-corrected chi connectivity index (χ1v) is 3.82. The molecule has 0 unspecified atom stereocenters. The summed E-state index contributed by atoms with van der Waals surface area (Å²) < 4.78 is 4.85. The number of carbonyl (C=O) groups is 2. The number of rotatable bonds is 3. The van der Waals surface area contributed by atoms with Crippen LogP contribution in [0.15, 0.2) is 24.3 Å². The summed E-state index contributed by atoms with van der Waals surface area (Å²) in [5.41, 5.74) is 0.365. The summed E-state index contributed by atoms with van der Waals surface area (Å²) in [4.78, 5) is 21.3. The van der Waals surface area contributed by atoms with Crippen LogP contribution in [0, 0.1) is 6.92 Å². The number of para-hydroxylation sites is 1. The summed E-state index contributed by atoms with van der Waals surface area (Å²) in [7, 11) is 0. The van der Waals surface area contributed by atoms with Crippen molar-refractivity contribution < 1.29 is 14.3 Å². The molecule has 67 valence electrons. The van der Waals surface area contributed by atoms with Crippen LogP contribution in [0.25, 0.3) is 0 Å². The molecule has 1 rings (SSSR count). The van der Waals surface area contributed by atoms with E-state index in [-0.39, 0.29) is 12.2 Å². The summed E-state index contributed by atoms with van der Waals surface area (Å²) in [5.74, 6) is -0.166. The van der Waals surface area contributed by atoms with Crippen LogP contribution in [0.1, 0.15) is 16.8 Å². The molecule has 0 atom stereocenters. The second-order valence-electron chi connectivity index (χ2n) is 2.38. The van der Waals surface area contributed by atoms with Crippen molar-refractivity contribution in [1.29, 1.82) is 0 Å². The van der Waals surface area contributed by atoms with Crippen LogP contribution in [0.3, 0.4) is 0 Å². The van der Waals surface area contributed by atoms with E-state index in [4.69, 9.17) is 4.74 Å². The molecule has 0 aromatic heterocycles. The largest absolute Gasteiger partial charge is 0.426 e. The Labute approximate surface area is 76.3 Å². The van der Waals surface area contributed by atoms with Crippen LogP contribution >= 0.6 is 0 Å². The fourth-order valence-corrected chi connectivity index (χ4v) is 0.845. The summed E-state index contributed by atoms with van der Waals surface area (Å²) in [5, 5.41) is 0. The maximum absolute atomic E-state index is 10.8. The van der Waals surface area contributed by atoms with Gasteiger partial charge >= 0.3 is 5.97 Å². The second-order valence-corrected chi connectivity index (χ2v) is 2.38. The summed E-state index contributed by atoms with van der Waals surface area (Å²) >= 11 is 0. The molecule has 0 N–H and O–H groups in total. The fraction of sp³-hybridized carbons (Fsp3) is 0.100. The average Bonchev–Trinajstić information content (AvgIpc) is 2.18. The van der Waals surface area contributed by atoms with E-state index in [1.807, 2.05) is 0 Å². The van der Waals surface area contributed by atoms with Gasteiger partial charge in [-0.05, 0) is 19.1 Å². The summed E-state index contributed by atoms with van der Waals surface area (Å²) in [6.07, 6.45) is 0.693. The number of hydrogen-bond donors (Lipinski definition) is 0. The first-order chi connectivity index (χ1) is 6.27. The zero-order valence-corrected chi connectivity index (χ0v) is 7.03. The van der Waals surface area contributed by atoms with E-state index in [0.717, 1.165) is 0 Å².